The third kappa shape index (κ3) is 2.88. The molecule has 1 unspecified atom stereocenters. The smallest absolute Gasteiger partial charge is 0.0761 e. The molecule has 0 aromatic heterocycles. The molecule has 92 valence electrons. The molecular formula is C17H18O. The number of hydrogen-bond acceptors (Lipinski definition) is 1. The number of hydrogen-bond donors (Lipinski definition) is 1. The average molecular weight is 238 g/mol. The number of benzene rings is 2. The summed E-state index contributed by atoms with van der Waals surface area (Å²) in [7, 11) is 0. The standard InChI is InChI=1S/C17H18O/c1-3-4-14-5-7-16(8-6-14)17-11-9-15(10-12-17)13(2)18/h3,5-13,18H,1,4H2,2H3. The van der Waals surface area contributed by atoms with Crippen molar-refractivity contribution in [2.24, 2.45) is 0 Å². The molecule has 18 heavy (non-hydrogen) atoms. The Balaban J connectivity index is 2.22. The van der Waals surface area contributed by atoms with Crippen LogP contribution >= 0.6 is 0 Å². The molecule has 0 spiro atoms. The Bertz CT molecular complexity index is 506. The van der Waals surface area contributed by atoms with E-state index in [4.69, 9.17) is 0 Å². The number of allylic oxidation sites excluding steroid dienone is 1. The van der Waals surface area contributed by atoms with E-state index in [0.717, 1.165) is 12.0 Å². The number of aliphatic hydroxyl groups excluding tert-OH is 1. The van der Waals surface area contributed by atoms with E-state index in [0.29, 0.717) is 0 Å². The van der Waals surface area contributed by atoms with Crippen LogP contribution < -0.4 is 0 Å². The molecule has 0 aliphatic carbocycles. The molecule has 0 fully saturated rings. The van der Waals surface area contributed by atoms with Gasteiger partial charge < -0.3 is 5.11 Å². The van der Waals surface area contributed by atoms with E-state index in [9.17, 15) is 5.11 Å². The molecule has 0 bridgehead atoms. The molecule has 2 aromatic carbocycles. The first-order valence-corrected chi connectivity index (χ1v) is 6.19. The minimum absolute atomic E-state index is 0.408. The van der Waals surface area contributed by atoms with Gasteiger partial charge in [0.1, 0.15) is 0 Å². The Kier molecular flexibility index (Phi) is 3.96. The Labute approximate surface area is 108 Å². The van der Waals surface area contributed by atoms with Gasteiger partial charge in [0.2, 0.25) is 0 Å². The lowest BCUT2D eigenvalue weighted by Gasteiger charge is -2.07. The summed E-state index contributed by atoms with van der Waals surface area (Å²) in [6, 6.07) is 16.5. The fourth-order valence-electron chi connectivity index (χ4n) is 1.95. The zero-order valence-corrected chi connectivity index (χ0v) is 10.6. The molecular weight excluding hydrogens is 220 g/mol. The molecule has 0 heterocycles. The molecule has 0 saturated heterocycles. The second kappa shape index (κ2) is 5.65. The van der Waals surface area contributed by atoms with Crippen molar-refractivity contribution < 1.29 is 5.11 Å². The van der Waals surface area contributed by atoms with Crippen molar-refractivity contribution in [3.8, 4) is 11.1 Å². The van der Waals surface area contributed by atoms with E-state index in [1.807, 2.05) is 30.3 Å². The van der Waals surface area contributed by atoms with E-state index >= 15 is 0 Å². The first kappa shape index (κ1) is 12.6. The summed E-state index contributed by atoms with van der Waals surface area (Å²) in [4.78, 5) is 0. The third-order valence-electron chi connectivity index (χ3n) is 3.06. The highest BCUT2D eigenvalue weighted by Gasteiger charge is 2.01. The monoisotopic (exact) mass is 238 g/mol. The van der Waals surface area contributed by atoms with Crippen LogP contribution in [0.3, 0.4) is 0 Å². The van der Waals surface area contributed by atoms with Crippen molar-refractivity contribution in [3.05, 3.63) is 72.3 Å². The van der Waals surface area contributed by atoms with Crippen molar-refractivity contribution in [3.63, 3.8) is 0 Å². The lowest BCUT2D eigenvalue weighted by molar-refractivity contribution is 0.199. The van der Waals surface area contributed by atoms with E-state index in [1.165, 1.54) is 16.7 Å². The maximum atomic E-state index is 9.47. The maximum Gasteiger partial charge on any atom is 0.0761 e. The Morgan fingerprint density at radius 3 is 1.94 bits per heavy atom. The number of rotatable bonds is 4. The van der Waals surface area contributed by atoms with Gasteiger partial charge in [0.15, 0.2) is 0 Å². The van der Waals surface area contributed by atoms with Gasteiger partial charge in [-0.1, -0.05) is 54.6 Å². The highest BCUT2D eigenvalue weighted by atomic mass is 16.3. The molecule has 2 rings (SSSR count). The van der Waals surface area contributed by atoms with Crippen LogP contribution in [-0.4, -0.2) is 5.11 Å². The van der Waals surface area contributed by atoms with E-state index in [2.05, 4.69) is 30.8 Å². The molecule has 0 aliphatic heterocycles. The van der Waals surface area contributed by atoms with Crippen molar-refractivity contribution in [1.82, 2.24) is 0 Å². The first-order chi connectivity index (χ1) is 8.70. The molecule has 0 radical (unpaired) electrons. The fraction of sp³-hybridized carbons (Fsp3) is 0.176. The van der Waals surface area contributed by atoms with E-state index < -0.39 is 6.10 Å². The van der Waals surface area contributed by atoms with Crippen molar-refractivity contribution in [2.45, 2.75) is 19.4 Å². The SMILES string of the molecule is C=CCc1ccc(-c2ccc(C(C)O)cc2)cc1. The van der Waals surface area contributed by atoms with E-state index in [1.54, 1.807) is 6.92 Å². The summed E-state index contributed by atoms with van der Waals surface area (Å²) in [6.07, 6.45) is 2.40. The second-order valence-electron chi connectivity index (χ2n) is 4.49. The maximum absolute atomic E-state index is 9.47. The van der Waals surface area contributed by atoms with Crippen molar-refractivity contribution in [1.29, 1.82) is 0 Å². The Morgan fingerprint density at radius 1 is 1.00 bits per heavy atom. The molecule has 0 amide bonds. The highest BCUT2D eigenvalue weighted by molar-refractivity contribution is 5.64. The summed E-state index contributed by atoms with van der Waals surface area (Å²) in [5, 5.41) is 9.47. The largest absolute Gasteiger partial charge is 0.389 e. The van der Waals surface area contributed by atoms with Gasteiger partial charge >= 0.3 is 0 Å². The Morgan fingerprint density at radius 2 is 1.50 bits per heavy atom. The molecule has 0 saturated carbocycles. The van der Waals surface area contributed by atoms with Crippen molar-refractivity contribution in [2.75, 3.05) is 0 Å². The first-order valence-electron chi connectivity index (χ1n) is 6.19. The van der Waals surface area contributed by atoms with Crippen LogP contribution in [0.5, 0.6) is 0 Å². The van der Waals surface area contributed by atoms with Crippen LogP contribution in [0.25, 0.3) is 11.1 Å². The van der Waals surface area contributed by atoms with Crippen LogP contribution in [0, 0.1) is 0 Å². The fourth-order valence-corrected chi connectivity index (χ4v) is 1.95. The van der Waals surface area contributed by atoms with Crippen molar-refractivity contribution >= 4 is 0 Å². The topological polar surface area (TPSA) is 20.2 Å². The zero-order valence-electron chi connectivity index (χ0n) is 10.6. The van der Waals surface area contributed by atoms with Gasteiger partial charge in [-0.3, -0.25) is 0 Å². The molecule has 2 aromatic rings. The third-order valence-corrected chi connectivity index (χ3v) is 3.06. The zero-order chi connectivity index (χ0) is 13.0. The molecule has 1 nitrogen and oxygen atoms in total. The van der Waals surface area contributed by atoms with Gasteiger partial charge in [0.05, 0.1) is 6.10 Å². The average Bonchev–Trinajstić information content (AvgIpc) is 2.40. The summed E-state index contributed by atoms with van der Waals surface area (Å²) in [6.45, 7) is 5.52. The van der Waals surface area contributed by atoms with Gasteiger partial charge in [-0.25, -0.2) is 0 Å². The summed E-state index contributed by atoms with van der Waals surface area (Å²) in [5.41, 5.74) is 4.58. The quantitative estimate of drug-likeness (QED) is 0.794. The van der Waals surface area contributed by atoms with Gasteiger partial charge in [0, 0.05) is 0 Å². The van der Waals surface area contributed by atoms with Gasteiger partial charge in [-0.2, -0.15) is 0 Å². The summed E-state index contributed by atoms with van der Waals surface area (Å²) >= 11 is 0. The van der Waals surface area contributed by atoms with Crippen LogP contribution in [-0.2, 0) is 6.42 Å². The second-order valence-corrected chi connectivity index (χ2v) is 4.49. The predicted octanol–water partition coefficient (Wildman–Crippen LogP) is 4.14. The lowest BCUT2D eigenvalue weighted by atomic mass is 10.0. The highest BCUT2D eigenvalue weighted by Crippen LogP contribution is 2.22. The van der Waals surface area contributed by atoms with Crippen LogP contribution in [0.1, 0.15) is 24.2 Å². The van der Waals surface area contributed by atoms with Gasteiger partial charge in [-0.05, 0) is 35.6 Å². The minimum Gasteiger partial charge on any atom is -0.389 e. The predicted molar refractivity (Wildman–Crippen MR) is 76.4 cm³/mol. The number of aliphatic hydroxyl groups is 1. The summed E-state index contributed by atoms with van der Waals surface area (Å²) in [5.74, 6) is 0. The normalized spacial score (nSPS) is 12.1. The minimum atomic E-state index is -0.408. The molecule has 0 aliphatic rings. The summed E-state index contributed by atoms with van der Waals surface area (Å²) < 4.78 is 0. The van der Waals surface area contributed by atoms with Crippen LogP contribution in [0.4, 0.5) is 0 Å². The van der Waals surface area contributed by atoms with Gasteiger partial charge in [-0.15, -0.1) is 6.58 Å². The lowest BCUT2D eigenvalue weighted by Crippen LogP contribution is -1.90. The molecule has 1 heteroatoms. The van der Waals surface area contributed by atoms with Gasteiger partial charge in [0.25, 0.3) is 0 Å². The molecule has 1 atom stereocenters. The Hall–Kier alpha value is -1.86. The van der Waals surface area contributed by atoms with Crippen LogP contribution in [0.15, 0.2) is 61.2 Å². The molecule has 1 N–H and O–H groups in total. The van der Waals surface area contributed by atoms with E-state index in [-0.39, 0.29) is 0 Å². The van der Waals surface area contributed by atoms with Crippen LogP contribution in [0.2, 0.25) is 0 Å².